The molecule has 0 radical (unpaired) electrons. The van der Waals surface area contributed by atoms with Gasteiger partial charge in [0, 0.05) is 0 Å². The fourth-order valence-electron chi connectivity index (χ4n) is 6.01. The highest BCUT2D eigenvalue weighted by atomic mass is 16.5. The number of aliphatic carboxylic acids is 2. The Morgan fingerprint density at radius 1 is 0.452 bits per heavy atom. The number of hydrogen-bond donors (Lipinski definition) is 2. The van der Waals surface area contributed by atoms with Crippen molar-refractivity contribution in [2.45, 2.75) is 155 Å². The SMILES string of the molecule is CCCCCCCCCCCCOC(=O)C1CC(C(=O)OCCCCCCCCCCCC)C(C(=O)O)CC1C(=O)O. The van der Waals surface area contributed by atoms with Crippen molar-refractivity contribution in [3.8, 4) is 0 Å². The smallest absolute Gasteiger partial charge is 0.309 e. The highest BCUT2D eigenvalue weighted by Gasteiger charge is 2.50. The lowest BCUT2D eigenvalue weighted by molar-refractivity contribution is -0.172. The molecule has 0 amide bonds. The van der Waals surface area contributed by atoms with E-state index in [1.807, 2.05) is 0 Å². The summed E-state index contributed by atoms with van der Waals surface area (Å²) in [7, 11) is 0. The molecule has 8 heteroatoms. The lowest BCUT2D eigenvalue weighted by Gasteiger charge is -2.35. The average molecular weight is 597 g/mol. The van der Waals surface area contributed by atoms with E-state index in [1.165, 1.54) is 77.0 Å². The van der Waals surface area contributed by atoms with Gasteiger partial charge >= 0.3 is 23.9 Å². The van der Waals surface area contributed by atoms with E-state index in [1.54, 1.807) is 0 Å². The van der Waals surface area contributed by atoms with Gasteiger partial charge in [-0.05, 0) is 25.7 Å². The highest BCUT2D eigenvalue weighted by molar-refractivity contribution is 5.86. The molecular formula is C34H60O8. The van der Waals surface area contributed by atoms with E-state index in [-0.39, 0.29) is 26.1 Å². The van der Waals surface area contributed by atoms with Gasteiger partial charge in [-0.1, -0.05) is 129 Å². The average Bonchev–Trinajstić information content (AvgIpc) is 2.97. The highest BCUT2D eigenvalue weighted by Crippen LogP contribution is 2.40. The summed E-state index contributed by atoms with van der Waals surface area (Å²) in [4.78, 5) is 49.7. The molecule has 1 aliphatic rings. The van der Waals surface area contributed by atoms with Gasteiger partial charge < -0.3 is 19.7 Å². The van der Waals surface area contributed by atoms with E-state index in [0.29, 0.717) is 12.8 Å². The zero-order valence-electron chi connectivity index (χ0n) is 26.6. The first-order valence-electron chi connectivity index (χ1n) is 17.1. The first-order chi connectivity index (χ1) is 20.3. The zero-order chi connectivity index (χ0) is 31.0. The van der Waals surface area contributed by atoms with Crippen molar-refractivity contribution in [1.29, 1.82) is 0 Å². The fraction of sp³-hybridized carbons (Fsp3) is 0.882. The van der Waals surface area contributed by atoms with Crippen LogP contribution in [0, 0.1) is 23.7 Å². The molecule has 1 fully saturated rings. The Kier molecular flexibility index (Phi) is 22.0. The second-order valence-electron chi connectivity index (χ2n) is 12.3. The summed E-state index contributed by atoms with van der Waals surface area (Å²) in [5, 5.41) is 19.5. The van der Waals surface area contributed by atoms with Gasteiger partial charge in [-0.25, -0.2) is 0 Å². The van der Waals surface area contributed by atoms with E-state index in [2.05, 4.69) is 13.8 Å². The maximum atomic E-state index is 12.9. The number of carbonyl (C=O) groups excluding carboxylic acids is 2. The van der Waals surface area contributed by atoms with Crippen LogP contribution in [0.5, 0.6) is 0 Å². The predicted octanol–water partition coefficient (Wildman–Crippen LogP) is 8.34. The van der Waals surface area contributed by atoms with Crippen molar-refractivity contribution in [2.75, 3.05) is 13.2 Å². The summed E-state index contributed by atoms with van der Waals surface area (Å²) in [6.45, 7) is 4.83. The molecule has 8 nitrogen and oxygen atoms in total. The third-order valence-corrected chi connectivity index (χ3v) is 8.71. The minimum atomic E-state index is -1.24. The van der Waals surface area contributed by atoms with E-state index in [0.717, 1.165) is 38.5 Å². The number of ether oxygens (including phenoxy) is 2. The molecule has 0 saturated heterocycles. The third-order valence-electron chi connectivity index (χ3n) is 8.71. The fourth-order valence-corrected chi connectivity index (χ4v) is 6.01. The summed E-state index contributed by atoms with van der Waals surface area (Å²) in [5.74, 6) is -8.30. The summed E-state index contributed by atoms with van der Waals surface area (Å²) in [6, 6.07) is 0. The van der Waals surface area contributed by atoms with Crippen LogP contribution in [0.4, 0.5) is 0 Å². The molecule has 4 unspecified atom stereocenters. The molecule has 0 aromatic rings. The number of esters is 2. The second kappa shape index (κ2) is 24.3. The molecule has 42 heavy (non-hydrogen) atoms. The quantitative estimate of drug-likeness (QED) is 0.0753. The van der Waals surface area contributed by atoms with Gasteiger partial charge in [0.2, 0.25) is 0 Å². The van der Waals surface area contributed by atoms with Gasteiger partial charge in [-0.15, -0.1) is 0 Å². The van der Waals surface area contributed by atoms with E-state index < -0.39 is 47.5 Å². The van der Waals surface area contributed by atoms with Crippen LogP contribution in [-0.4, -0.2) is 47.3 Å². The summed E-state index contributed by atoms with van der Waals surface area (Å²) in [6.07, 6.45) is 22.5. The predicted molar refractivity (Wildman–Crippen MR) is 164 cm³/mol. The van der Waals surface area contributed by atoms with E-state index in [4.69, 9.17) is 9.47 Å². The maximum Gasteiger partial charge on any atom is 0.309 e. The van der Waals surface area contributed by atoms with Gasteiger partial charge in [-0.3, -0.25) is 19.2 Å². The normalized spacial score (nSPS) is 20.2. The second-order valence-corrected chi connectivity index (χ2v) is 12.3. The van der Waals surface area contributed by atoms with Crippen LogP contribution < -0.4 is 0 Å². The number of carboxylic acid groups (broad SMARTS) is 2. The Balaban J connectivity index is 2.43. The lowest BCUT2D eigenvalue weighted by atomic mass is 9.68. The first-order valence-corrected chi connectivity index (χ1v) is 17.1. The first kappa shape index (κ1) is 37.9. The molecule has 0 aliphatic heterocycles. The molecule has 0 aromatic heterocycles. The Hall–Kier alpha value is -2.12. The molecule has 0 aromatic carbocycles. The molecule has 0 spiro atoms. The number of unbranched alkanes of at least 4 members (excludes halogenated alkanes) is 18. The van der Waals surface area contributed by atoms with Crippen LogP contribution in [0.2, 0.25) is 0 Å². The zero-order valence-corrected chi connectivity index (χ0v) is 26.6. The van der Waals surface area contributed by atoms with Crippen LogP contribution in [0.25, 0.3) is 0 Å². The Bertz CT molecular complexity index is 692. The molecule has 0 bridgehead atoms. The molecule has 1 aliphatic carbocycles. The number of rotatable bonds is 26. The van der Waals surface area contributed by atoms with Crippen molar-refractivity contribution in [1.82, 2.24) is 0 Å². The standard InChI is InChI=1S/C34H60O8/c1-3-5-7-9-11-13-15-17-19-21-23-41-33(39)29-26-30(28(32(37)38)25-27(29)31(35)36)34(40)42-24-22-20-18-16-14-12-10-8-6-4-2/h27-30H,3-26H2,1-2H3,(H,35,36)(H,37,38). The number of carbonyl (C=O) groups is 4. The van der Waals surface area contributed by atoms with E-state index in [9.17, 15) is 29.4 Å². The van der Waals surface area contributed by atoms with Crippen LogP contribution in [0.3, 0.4) is 0 Å². The number of hydrogen-bond acceptors (Lipinski definition) is 6. The Morgan fingerprint density at radius 3 is 1.00 bits per heavy atom. The van der Waals surface area contributed by atoms with Gasteiger partial charge in [0.05, 0.1) is 36.9 Å². The van der Waals surface area contributed by atoms with Crippen molar-refractivity contribution in [3.63, 3.8) is 0 Å². The van der Waals surface area contributed by atoms with Crippen LogP contribution >= 0.6 is 0 Å². The van der Waals surface area contributed by atoms with Gasteiger partial charge in [0.25, 0.3) is 0 Å². The number of carboxylic acids is 2. The summed E-state index contributed by atoms with van der Waals surface area (Å²) in [5.41, 5.74) is 0. The van der Waals surface area contributed by atoms with Gasteiger partial charge in [0.15, 0.2) is 0 Å². The third kappa shape index (κ3) is 16.5. The molecule has 244 valence electrons. The van der Waals surface area contributed by atoms with Crippen molar-refractivity contribution >= 4 is 23.9 Å². The van der Waals surface area contributed by atoms with Crippen LogP contribution in [0.15, 0.2) is 0 Å². The minimum Gasteiger partial charge on any atom is -0.481 e. The molecule has 4 atom stereocenters. The minimum absolute atomic E-state index is 0.179. The largest absolute Gasteiger partial charge is 0.481 e. The van der Waals surface area contributed by atoms with Gasteiger partial charge in [-0.2, -0.15) is 0 Å². The molecule has 2 N–H and O–H groups in total. The van der Waals surface area contributed by atoms with Crippen molar-refractivity contribution < 1.29 is 38.9 Å². The molecule has 1 rings (SSSR count). The van der Waals surface area contributed by atoms with Crippen molar-refractivity contribution in [3.05, 3.63) is 0 Å². The molecular weight excluding hydrogens is 536 g/mol. The topological polar surface area (TPSA) is 127 Å². The van der Waals surface area contributed by atoms with Crippen molar-refractivity contribution in [2.24, 2.45) is 23.7 Å². The van der Waals surface area contributed by atoms with Crippen LogP contribution in [-0.2, 0) is 28.7 Å². The van der Waals surface area contributed by atoms with E-state index >= 15 is 0 Å². The Labute approximate surface area is 254 Å². The van der Waals surface area contributed by atoms with Crippen LogP contribution in [0.1, 0.15) is 155 Å². The monoisotopic (exact) mass is 596 g/mol. The maximum absolute atomic E-state index is 12.9. The molecule has 1 saturated carbocycles. The molecule has 0 heterocycles. The summed E-state index contributed by atoms with van der Waals surface area (Å²) >= 11 is 0. The summed E-state index contributed by atoms with van der Waals surface area (Å²) < 4.78 is 10.9. The Morgan fingerprint density at radius 2 is 0.714 bits per heavy atom. The van der Waals surface area contributed by atoms with Gasteiger partial charge in [0.1, 0.15) is 0 Å². The lowest BCUT2D eigenvalue weighted by Crippen LogP contribution is -2.45.